The Bertz CT molecular complexity index is 5490. The molecule has 17 rings (SSSR count). The number of rotatable bonds is 14. The van der Waals surface area contributed by atoms with Gasteiger partial charge in [-0.3, -0.25) is 19.2 Å². The number of hydrogen-bond acceptors (Lipinski definition) is 12. The van der Waals surface area contributed by atoms with E-state index in [1.54, 1.807) is 48.5 Å². The third kappa shape index (κ3) is 17.9. The topological polar surface area (TPSA) is 220 Å². The minimum absolute atomic E-state index is 0.0108. The number of anilines is 4. The van der Waals surface area contributed by atoms with Crippen molar-refractivity contribution >= 4 is 46.9 Å². The molecule has 1 atom stereocenters. The second-order valence-electron chi connectivity index (χ2n) is 29.4. The molecular formula is C92H86F4N12O4. The van der Waals surface area contributed by atoms with E-state index in [1.807, 2.05) is 149 Å². The van der Waals surface area contributed by atoms with E-state index in [-0.39, 0.29) is 58.7 Å². The Morgan fingerprint density at radius 3 is 0.973 bits per heavy atom. The second-order valence-corrected chi connectivity index (χ2v) is 29.4. The first-order valence-corrected chi connectivity index (χ1v) is 38.5. The number of nitrogens with zero attached hydrogens (tertiary/aromatic N) is 8. The third-order valence-corrected chi connectivity index (χ3v) is 20.8. The Morgan fingerprint density at radius 1 is 0.366 bits per heavy atom. The van der Waals surface area contributed by atoms with Crippen LogP contribution >= 0.6 is 0 Å². The van der Waals surface area contributed by atoms with Crippen molar-refractivity contribution in [2.45, 2.75) is 137 Å². The van der Waals surface area contributed by atoms with Crippen LogP contribution in [-0.2, 0) is 70.5 Å². The number of benzene rings is 8. The van der Waals surface area contributed by atoms with Gasteiger partial charge < -0.3 is 21.3 Å². The van der Waals surface area contributed by atoms with Crippen LogP contribution in [0.5, 0.6) is 0 Å². The molecule has 5 aliphatic rings. The highest BCUT2D eigenvalue weighted by molar-refractivity contribution is 5.97. The predicted octanol–water partition coefficient (Wildman–Crippen LogP) is 20.0. The normalized spacial score (nSPS) is 13.6. The quantitative estimate of drug-likeness (QED) is 0.0747. The highest BCUT2D eigenvalue weighted by Gasteiger charge is 2.30. The molecule has 1 fully saturated rings. The van der Waals surface area contributed by atoms with E-state index in [0.717, 1.165) is 138 Å². The lowest BCUT2D eigenvalue weighted by atomic mass is 9.87. The van der Waals surface area contributed by atoms with Gasteiger partial charge >= 0.3 is 0 Å². The van der Waals surface area contributed by atoms with Crippen molar-refractivity contribution in [3.63, 3.8) is 0 Å². The molecular weight excluding hydrogens is 1410 g/mol. The van der Waals surface area contributed by atoms with Gasteiger partial charge in [-0.2, -0.15) is 0 Å². The number of fused-ring (bicyclic) bond motifs is 12. The van der Waals surface area contributed by atoms with Crippen LogP contribution in [0.1, 0.15) is 131 Å². The monoisotopic (exact) mass is 1500 g/mol. The Balaban J connectivity index is 0.000000124. The van der Waals surface area contributed by atoms with Crippen LogP contribution in [0, 0.1) is 41.0 Å². The molecule has 20 heteroatoms. The van der Waals surface area contributed by atoms with Gasteiger partial charge in [-0.1, -0.05) is 168 Å². The standard InChI is InChI=1S/C26H26FN3O.2C23H22FN3O.C20H16FN3O/c27-20-12-13-21-19(16-20)11-14-22-25(21)30-24(18-9-5-2-6-10-18)26(28-22)29-23(31)15-17-7-3-1-4-8-17;1-14(2)12-20(28)26-23-21(15-6-4-3-5-7-15)27-22-18-10-9-17(24)13-16(18)8-11-19(22)25-23;1-3-14(2)23(28)27-22-20(15-7-5-4-6-8-15)26-21-18-11-10-17(24)13-16(18)9-12-19(21)25-22;1-12(25)22-20-18(13-5-3-2-4-6-13)24-19-16-9-8-15(21)11-14(16)7-10-17(19)23-20/h2,5-6,9-10,12-13,16-17H,1,3-4,7-8,11,14-15H2,(H,28,29,31);3-7,9-10,13-14H,8,11-12H2,1-2H3,(H,25,26,28);4-8,10-11,13-14H,3,9,12H2,1-2H3,(H,25,27,28);2-6,8-9,11H,7,10H2,1H3,(H,22,23,25). The summed E-state index contributed by atoms with van der Waals surface area (Å²) in [6.07, 6.45) is 13.2. The SMILES string of the molecule is CC(=O)Nc1nc2c(nc1-c1ccccc1)-c1ccc(F)cc1CC2.CC(C)CC(=O)Nc1nc2c(nc1-c1ccccc1)-c1ccc(F)cc1CC2.CCC(C)C(=O)Nc1nc2c(nc1-c1ccccc1)-c1ccc(F)cc1CC2.O=C(CC1CCCCC1)Nc1nc2c(nc1-c1ccccc1)-c1ccc(F)cc1CC2. The summed E-state index contributed by atoms with van der Waals surface area (Å²) in [7, 11) is 0. The maximum atomic E-state index is 13.7. The Kier molecular flexibility index (Phi) is 23.7. The lowest BCUT2D eigenvalue weighted by Gasteiger charge is -2.23. The first kappa shape index (κ1) is 76.4. The molecule has 4 aromatic heterocycles. The summed E-state index contributed by atoms with van der Waals surface area (Å²) >= 11 is 0. The average molecular weight is 1500 g/mol. The first-order valence-electron chi connectivity index (χ1n) is 38.5. The van der Waals surface area contributed by atoms with Gasteiger partial charge in [0.15, 0.2) is 23.3 Å². The summed E-state index contributed by atoms with van der Waals surface area (Å²) < 4.78 is 54.6. The second kappa shape index (κ2) is 34.7. The minimum Gasteiger partial charge on any atom is -0.309 e. The van der Waals surface area contributed by atoms with Crippen molar-refractivity contribution < 1.29 is 36.7 Å². The number of carbonyl (C=O) groups is 4. The number of carbonyl (C=O) groups excluding carboxylic acids is 4. The van der Waals surface area contributed by atoms with E-state index < -0.39 is 0 Å². The van der Waals surface area contributed by atoms with Gasteiger partial charge in [0.25, 0.3) is 0 Å². The first-order chi connectivity index (χ1) is 54.4. The number of hydrogen-bond donors (Lipinski definition) is 4. The fourth-order valence-electron chi connectivity index (χ4n) is 15.0. The molecule has 4 heterocycles. The maximum absolute atomic E-state index is 13.7. The smallest absolute Gasteiger partial charge is 0.228 e. The molecule has 0 saturated heterocycles. The molecule has 1 saturated carbocycles. The molecule has 5 aliphatic carbocycles. The molecule has 12 aromatic rings. The van der Waals surface area contributed by atoms with E-state index in [1.165, 1.54) is 50.5 Å². The zero-order valence-corrected chi connectivity index (χ0v) is 63.2. The van der Waals surface area contributed by atoms with Crippen molar-refractivity contribution in [1.82, 2.24) is 39.9 Å². The molecule has 0 bridgehead atoms. The Morgan fingerprint density at radius 2 is 0.670 bits per heavy atom. The van der Waals surface area contributed by atoms with Gasteiger partial charge in [-0.05, 0) is 178 Å². The lowest BCUT2D eigenvalue weighted by Crippen LogP contribution is -2.22. The van der Waals surface area contributed by atoms with Crippen LogP contribution in [0.2, 0.25) is 0 Å². The van der Waals surface area contributed by atoms with Crippen LogP contribution in [0.15, 0.2) is 194 Å². The largest absolute Gasteiger partial charge is 0.309 e. The summed E-state index contributed by atoms with van der Waals surface area (Å²) in [5.74, 6) is 1.30. The summed E-state index contributed by atoms with van der Waals surface area (Å²) in [5, 5.41) is 11.8. The summed E-state index contributed by atoms with van der Waals surface area (Å²) in [6.45, 7) is 9.34. The number of aryl methyl sites for hydroxylation is 8. The highest BCUT2D eigenvalue weighted by Crippen LogP contribution is 2.42. The van der Waals surface area contributed by atoms with Crippen molar-refractivity contribution in [2.24, 2.45) is 17.8 Å². The Labute approximate surface area is 649 Å². The fraction of sp³-hybridized carbons (Fsp3) is 0.261. The van der Waals surface area contributed by atoms with E-state index in [2.05, 4.69) is 26.3 Å². The van der Waals surface area contributed by atoms with E-state index in [0.29, 0.717) is 110 Å². The number of halogens is 4. The number of nitrogens with one attached hydrogen (secondary N) is 4. The van der Waals surface area contributed by atoms with Crippen LogP contribution in [-0.4, -0.2) is 63.5 Å². The minimum atomic E-state index is -0.242. The van der Waals surface area contributed by atoms with Gasteiger partial charge in [0.2, 0.25) is 23.6 Å². The van der Waals surface area contributed by atoms with Gasteiger partial charge in [-0.25, -0.2) is 57.4 Å². The molecule has 4 amide bonds. The Hall–Kier alpha value is -12.3. The van der Waals surface area contributed by atoms with Crippen LogP contribution in [0.3, 0.4) is 0 Å². The van der Waals surface area contributed by atoms with E-state index in [4.69, 9.17) is 34.9 Å². The van der Waals surface area contributed by atoms with E-state index >= 15 is 0 Å². The molecule has 4 N–H and O–H groups in total. The van der Waals surface area contributed by atoms with E-state index in [9.17, 15) is 36.7 Å². The van der Waals surface area contributed by atoms with Crippen molar-refractivity contribution in [1.29, 1.82) is 0 Å². The number of amides is 4. The fourth-order valence-corrected chi connectivity index (χ4v) is 15.0. The molecule has 0 spiro atoms. The van der Waals surface area contributed by atoms with Gasteiger partial charge in [-0.15, -0.1) is 0 Å². The van der Waals surface area contributed by atoms with Gasteiger partial charge in [0.05, 0.1) is 45.6 Å². The van der Waals surface area contributed by atoms with Crippen LogP contribution in [0.4, 0.5) is 40.8 Å². The van der Waals surface area contributed by atoms with Gasteiger partial charge in [0.1, 0.15) is 46.0 Å². The molecule has 0 aliphatic heterocycles. The van der Waals surface area contributed by atoms with Crippen molar-refractivity contribution in [2.75, 3.05) is 21.3 Å². The van der Waals surface area contributed by atoms with Crippen molar-refractivity contribution in [3.8, 4) is 90.1 Å². The number of aromatic nitrogens is 8. The molecule has 16 nitrogen and oxygen atoms in total. The van der Waals surface area contributed by atoms with Gasteiger partial charge in [0, 0.05) is 70.2 Å². The third-order valence-electron chi connectivity index (χ3n) is 20.8. The molecule has 566 valence electrons. The van der Waals surface area contributed by atoms with Crippen LogP contribution in [0.25, 0.3) is 90.1 Å². The van der Waals surface area contributed by atoms with Crippen molar-refractivity contribution in [3.05, 3.63) is 262 Å². The molecule has 0 radical (unpaired) electrons. The average Bonchev–Trinajstić information content (AvgIpc) is 0.783. The predicted molar refractivity (Wildman–Crippen MR) is 431 cm³/mol. The maximum Gasteiger partial charge on any atom is 0.228 e. The summed E-state index contributed by atoms with van der Waals surface area (Å²) in [4.78, 5) is 87.9. The highest BCUT2D eigenvalue weighted by atomic mass is 19.1. The van der Waals surface area contributed by atoms with Crippen LogP contribution < -0.4 is 21.3 Å². The lowest BCUT2D eigenvalue weighted by molar-refractivity contribution is -0.119. The summed E-state index contributed by atoms with van der Waals surface area (Å²) in [6, 6.07) is 58.0. The molecule has 112 heavy (non-hydrogen) atoms. The zero-order valence-electron chi connectivity index (χ0n) is 63.2. The molecule has 1 unspecified atom stereocenters. The zero-order chi connectivity index (χ0) is 77.9. The molecule has 8 aromatic carbocycles. The summed E-state index contributed by atoms with van der Waals surface area (Å²) in [5.41, 5.74) is 19.9.